The standard InChI is InChI=1S/C4H8O2/c1-3-4(5)6-2/h3H2,1-2H3/i3D/t3-/m1/s1. The summed E-state index contributed by atoms with van der Waals surface area (Å²) in [5.74, 6) is -0.486. The number of methoxy groups -OCH3 is 1. The fraction of sp³-hybridized carbons (Fsp3) is 0.750. The van der Waals surface area contributed by atoms with Crippen LogP contribution in [0.25, 0.3) is 0 Å². The maximum atomic E-state index is 10.1. The van der Waals surface area contributed by atoms with Crippen molar-refractivity contribution in [1.82, 2.24) is 0 Å². The summed E-state index contributed by atoms with van der Waals surface area (Å²) in [5, 5.41) is 0. The van der Waals surface area contributed by atoms with Gasteiger partial charge >= 0.3 is 5.97 Å². The van der Waals surface area contributed by atoms with Gasteiger partial charge in [0.25, 0.3) is 0 Å². The van der Waals surface area contributed by atoms with Crippen molar-refractivity contribution in [3.8, 4) is 0 Å². The van der Waals surface area contributed by atoms with Crippen LogP contribution in [0, 0.1) is 0 Å². The molecular formula is C4H8O2. The van der Waals surface area contributed by atoms with Gasteiger partial charge in [-0.25, -0.2) is 0 Å². The Bertz CT molecular complexity index is 70.1. The summed E-state index contributed by atoms with van der Waals surface area (Å²) in [6.45, 7) is 1.46. The van der Waals surface area contributed by atoms with E-state index in [9.17, 15) is 4.79 Å². The number of hydrogen-bond acceptors (Lipinski definition) is 2. The third-order valence-electron chi connectivity index (χ3n) is 0.437. The van der Waals surface area contributed by atoms with E-state index >= 15 is 0 Å². The Balaban J connectivity index is 3.35. The molecule has 0 saturated heterocycles. The van der Waals surface area contributed by atoms with Gasteiger partial charge in [-0.2, -0.15) is 0 Å². The van der Waals surface area contributed by atoms with E-state index in [-0.39, 0.29) is 0 Å². The van der Waals surface area contributed by atoms with Crippen molar-refractivity contribution < 1.29 is 10.9 Å². The quantitative estimate of drug-likeness (QED) is 0.439. The second kappa shape index (κ2) is 2.69. The highest BCUT2D eigenvalue weighted by Gasteiger charge is 1.87. The predicted octanol–water partition coefficient (Wildman–Crippen LogP) is 0.569. The summed E-state index contributed by atoms with van der Waals surface area (Å²) in [6, 6.07) is 0. The van der Waals surface area contributed by atoms with Gasteiger partial charge in [-0.1, -0.05) is 6.92 Å². The maximum Gasteiger partial charge on any atom is 0.305 e. The summed E-state index contributed by atoms with van der Waals surface area (Å²) in [6.07, 6.45) is -0.745. The Labute approximate surface area is 38.5 Å². The molecule has 0 unspecified atom stereocenters. The summed E-state index contributed by atoms with van der Waals surface area (Å²) in [7, 11) is 1.27. The van der Waals surface area contributed by atoms with Crippen LogP contribution in [0.2, 0.25) is 0 Å². The third-order valence-corrected chi connectivity index (χ3v) is 0.437. The lowest BCUT2D eigenvalue weighted by atomic mass is 10.5. The van der Waals surface area contributed by atoms with Gasteiger partial charge in [-0.05, 0) is 0 Å². The van der Waals surface area contributed by atoms with E-state index in [1.54, 1.807) is 0 Å². The molecule has 6 heavy (non-hydrogen) atoms. The largest absolute Gasteiger partial charge is 0.469 e. The van der Waals surface area contributed by atoms with E-state index in [1.807, 2.05) is 0 Å². The van der Waals surface area contributed by atoms with E-state index in [2.05, 4.69) is 4.74 Å². The number of ether oxygens (including phenoxy) is 1. The zero-order valence-electron chi connectivity index (χ0n) is 4.89. The first-order valence-corrected chi connectivity index (χ1v) is 1.68. The third kappa shape index (κ3) is 1.76. The number of carbonyl (C=O) groups is 1. The van der Waals surface area contributed by atoms with Crippen LogP contribution in [0.15, 0.2) is 0 Å². The minimum atomic E-state index is -0.745. The Morgan fingerprint density at radius 3 is 2.67 bits per heavy atom. The summed E-state index contributed by atoms with van der Waals surface area (Å²) in [5.41, 5.74) is 0. The second-order valence-electron chi connectivity index (χ2n) is 0.812. The van der Waals surface area contributed by atoms with Gasteiger partial charge in [0.05, 0.1) is 7.11 Å². The van der Waals surface area contributed by atoms with Crippen LogP contribution in [-0.2, 0) is 9.53 Å². The fourth-order valence-electron chi connectivity index (χ4n) is 0.118. The van der Waals surface area contributed by atoms with E-state index in [1.165, 1.54) is 14.0 Å². The van der Waals surface area contributed by atoms with E-state index in [0.29, 0.717) is 0 Å². The number of esters is 1. The molecule has 0 fully saturated rings. The molecule has 0 saturated carbocycles. The first-order valence-electron chi connectivity index (χ1n) is 2.26. The van der Waals surface area contributed by atoms with E-state index in [0.717, 1.165) is 0 Å². The van der Waals surface area contributed by atoms with Crippen LogP contribution >= 0.6 is 0 Å². The van der Waals surface area contributed by atoms with Crippen molar-refractivity contribution in [3.05, 3.63) is 0 Å². The summed E-state index contributed by atoms with van der Waals surface area (Å²) in [4.78, 5) is 10.1. The number of carbonyl (C=O) groups excluding carboxylic acids is 1. The molecule has 2 nitrogen and oxygen atoms in total. The van der Waals surface area contributed by atoms with Crippen LogP contribution < -0.4 is 0 Å². The van der Waals surface area contributed by atoms with Crippen LogP contribution in [0.4, 0.5) is 0 Å². The lowest BCUT2D eigenvalue weighted by molar-refractivity contribution is -0.140. The van der Waals surface area contributed by atoms with Crippen LogP contribution in [0.3, 0.4) is 0 Å². The Hall–Kier alpha value is -0.530. The van der Waals surface area contributed by atoms with Crippen molar-refractivity contribution in [3.63, 3.8) is 0 Å². The van der Waals surface area contributed by atoms with Crippen molar-refractivity contribution in [1.29, 1.82) is 0 Å². The SMILES string of the molecule is [2H][C@H](C)C(=O)OC. The molecule has 0 aliphatic rings. The minimum Gasteiger partial charge on any atom is -0.469 e. The van der Waals surface area contributed by atoms with Gasteiger partial charge in [0, 0.05) is 7.77 Å². The van der Waals surface area contributed by atoms with Gasteiger partial charge in [0.2, 0.25) is 0 Å². The maximum absolute atomic E-state index is 10.1. The highest BCUT2D eigenvalue weighted by atomic mass is 16.5. The molecule has 0 spiro atoms. The zero-order valence-corrected chi connectivity index (χ0v) is 3.89. The van der Waals surface area contributed by atoms with E-state index < -0.39 is 12.4 Å². The Morgan fingerprint density at radius 1 is 2.17 bits per heavy atom. The first kappa shape index (κ1) is 3.65. The summed E-state index contributed by atoms with van der Waals surface area (Å²) < 4.78 is 10.9. The molecular weight excluding hydrogens is 80.0 g/mol. The molecule has 0 aliphatic heterocycles. The van der Waals surface area contributed by atoms with Crippen molar-refractivity contribution >= 4 is 5.97 Å². The lowest BCUT2D eigenvalue weighted by Gasteiger charge is -1.87. The molecule has 0 N–H and O–H groups in total. The van der Waals surface area contributed by atoms with Gasteiger partial charge in [0.15, 0.2) is 0 Å². The molecule has 0 radical (unpaired) electrons. The molecule has 0 aliphatic carbocycles. The molecule has 0 amide bonds. The predicted molar refractivity (Wildman–Crippen MR) is 22.3 cm³/mol. The first-order chi connectivity index (χ1) is 3.18. The minimum absolute atomic E-state index is 0.486. The average molecular weight is 89.1 g/mol. The van der Waals surface area contributed by atoms with Crippen LogP contribution in [0.1, 0.15) is 14.7 Å². The fourth-order valence-corrected chi connectivity index (χ4v) is 0.118. The van der Waals surface area contributed by atoms with Crippen molar-refractivity contribution in [2.75, 3.05) is 7.11 Å². The monoisotopic (exact) mass is 89.1 g/mol. The molecule has 1 atom stereocenters. The van der Waals surface area contributed by atoms with Gasteiger partial charge in [-0.3, -0.25) is 4.79 Å². The smallest absolute Gasteiger partial charge is 0.305 e. The Morgan fingerprint density at radius 2 is 2.67 bits per heavy atom. The lowest BCUT2D eigenvalue weighted by Crippen LogP contribution is -1.94. The zero-order chi connectivity index (χ0) is 5.86. The van der Waals surface area contributed by atoms with Gasteiger partial charge in [0.1, 0.15) is 0 Å². The molecule has 0 rings (SSSR count). The van der Waals surface area contributed by atoms with Crippen molar-refractivity contribution in [2.45, 2.75) is 13.3 Å². The number of hydrogen-bond donors (Lipinski definition) is 0. The molecule has 36 valence electrons. The van der Waals surface area contributed by atoms with Gasteiger partial charge in [-0.15, -0.1) is 0 Å². The molecule has 0 bridgehead atoms. The topological polar surface area (TPSA) is 26.3 Å². The highest BCUT2D eigenvalue weighted by Crippen LogP contribution is 1.76. The molecule has 0 aromatic rings. The van der Waals surface area contributed by atoms with E-state index in [4.69, 9.17) is 1.37 Å². The molecule has 0 aromatic carbocycles. The summed E-state index contributed by atoms with van der Waals surface area (Å²) >= 11 is 0. The number of rotatable bonds is 1. The molecule has 2 heteroatoms. The Kier molecular flexibility index (Phi) is 1.64. The highest BCUT2D eigenvalue weighted by molar-refractivity contribution is 5.68. The molecule has 0 heterocycles. The van der Waals surface area contributed by atoms with Crippen LogP contribution in [0.5, 0.6) is 0 Å². The average Bonchev–Trinajstić information content (AvgIpc) is 1.65. The van der Waals surface area contributed by atoms with Crippen LogP contribution in [-0.4, -0.2) is 13.1 Å². The second-order valence-corrected chi connectivity index (χ2v) is 0.812. The van der Waals surface area contributed by atoms with Crippen molar-refractivity contribution in [2.24, 2.45) is 0 Å². The van der Waals surface area contributed by atoms with Gasteiger partial charge < -0.3 is 4.74 Å². The molecule has 0 aromatic heterocycles. The normalized spacial score (nSPS) is 15.3.